The van der Waals surface area contributed by atoms with Crippen LogP contribution in [0, 0.1) is 0 Å². The lowest BCUT2D eigenvalue weighted by molar-refractivity contribution is 0.765. The second-order valence-corrected chi connectivity index (χ2v) is 5.89. The first-order valence-electron chi connectivity index (χ1n) is 7.71. The molecule has 0 N–H and O–H groups in total. The molecule has 1 atom stereocenters. The Bertz CT molecular complexity index is 660. The Labute approximate surface area is 127 Å². The molecule has 1 aliphatic rings. The Balaban J connectivity index is 1.97. The standard InChI is InChI=1S/C21H22/c1-16-13-14-20(17(16)2)21(19-11-7-4-8-12-19)15-18-9-5-3-6-10-18/h3-13,21H,14-15H2,1-2H3. The molecule has 0 aliphatic heterocycles. The normalized spacial score (nSPS) is 16.0. The molecule has 2 aromatic rings. The Morgan fingerprint density at radius 2 is 1.48 bits per heavy atom. The molecule has 0 heterocycles. The summed E-state index contributed by atoms with van der Waals surface area (Å²) in [6.07, 6.45) is 4.55. The smallest absolute Gasteiger partial charge is 0.00974 e. The minimum Gasteiger partial charge on any atom is -0.0772 e. The zero-order valence-corrected chi connectivity index (χ0v) is 12.8. The fourth-order valence-corrected chi connectivity index (χ4v) is 3.20. The molecule has 0 fully saturated rings. The van der Waals surface area contributed by atoms with E-state index in [1.807, 2.05) is 0 Å². The monoisotopic (exact) mass is 274 g/mol. The molecule has 0 radical (unpaired) electrons. The van der Waals surface area contributed by atoms with E-state index in [4.69, 9.17) is 0 Å². The van der Waals surface area contributed by atoms with E-state index in [1.165, 1.54) is 22.3 Å². The van der Waals surface area contributed by atoms with Gasteiger partial charge in [0.15, 0.2) is 0 Å². The fourth-order valence-electron chi connectivity index (χ4n) is 3.20. The van der Waals surface area contributed by atoms with Crippen molar-refractivity contribution in [3.63, 3.8) is 0 Å². The van der Waals surface area contributed by atoms with Gasteiger partial charge in [0, 0.05) is 5.92 Å². The van der Waals surface area contributed by atoms with Crippen LogP contribution in [0.1, 0.15) is 37.3 Å². The van der Waals surface area contributed by atoms with Crippen LogP contribution >= 0.6 is 0 Å². The maximum absolute atomic E-state index is 2.37. The van der Waals surface area contributed by atoms with Crippen LogP contribution in [0.25, 0.3) is 0 Å². The van der Waals surface area contributed by atoms with Crippen molar-refractivity contribution in [2.75, 3.05) is 0 Å². The summed E-state index contributed by atoms with van der Waals surface area (Å²) in [5, 5.41) is 0. The summed E-state index contributed by atoms with van der Waals surface area (Å²) in [5.74, 6) is 0.488. The third-order valence-electron chi connectivity index (χ3n) is 4.61. The second kappa shape index (κ2) is 6.13. The van der Waals surface area contributed by atoms with E-state index in [1.54, 1.807) is 5.57 Å². The van der Waals surface area contributed by atoms with Gasteiger partial charge in [0.1, 0.15) is 0 Å². The van der Waals surface area contributed by atoms with Gasteiger partial charge in [-0.3, -0.25) is 0 Å². The molecule has 21 heavy (non-hydrogen) atoms. The number of allylic oxidation sites excluding steroid dienone is 4. The second-order valence-electron chi connectivity index (χ2n) is 5.89. The minimum atomic E-state index is 0.488. The molecule has 106 valence electrons. The zero-order valence-electron chi connectivity index (χ0n) is 12.8. The predicted molar refractivity (Wildman–Crippen MR) is 90.4 cm³/mol. The van der Waals surface area contributed by atoms with E-state index >= 15 is 0 Å². The van der Waals surface area contributed by atoms with E-state index in [0.29, 0.717) is 5.92 Å². The van der Waals surface area contributed by atoms with Gasteiger partial charge in [-0.1, -0.05) is 77.9 Å². The first-order chi connectivity index (χ1) is 10.3. The molecule has 0 saturated heterocycles. The number of rotatable bonds is 4. The van der Waals surface area contributed by atoms with Crippen LogP contribution in [0.3, 0.4) is 0 Å². The molecule has 0 amide bonds. The first kappa shape index (κ1) is 13.9. The van der Waals surface area contributed by atoms with Crippen molar-refractivity contribution < 1.29 is 0 Å². The summed E-state index contributed by atoms with van der Waals surface area (Å²) in [6, 6.07) is 21.8. The number of benzene rings is 2. The minimum absolute atomic E-state index is 0.488. The molecule has 0 saturated carbocycles. The van der Waals surface area contributed by atoms with E-state index in [2.05, 4.69) is 80.6 Å². The van der Waals surface area contributed by atoms with E-state index in [9.17, 15) is 0 Å². The Morgan fingerprint density at radius 3 is 2.05 bits per heavy atom. The summed E-state index contributed by atoms with van der Waals surface area (Å²) in [5.41, 5.74) is 7.36. The largest absolute Gasteiger partial charge is 0.0772 e. The molecule has 0 bridgehead atoms. The molecule has 0 spiro atoms. The zero-order chi connectivity index (χ0) is 14.7. The lowest BCUT2D eigenvalue weighted by Crippen LogP contribution is -2.07. The van der Waals surface area contributed by atoms with Crippen molar-refractivity contribution in [2.45, 2.75) is 32.6 Å². The SMILES string of the molecule is CC1=CCC(C(Cc2ccccc2)c2ccccc2)=C1C. The summed E-state index contributed by atoms with van der Waals surface area (Å²) >= 11 is 0. The topological polar surface area (TPSA) is 0 Å². The van der Waals surface area contributed by atoms with Gasteiger partial charge in [0.2, 0.25) is 0 Å². The van der Waals surface area contributed by atoms with E-state index < -0.39 is 0 Å². The third kappa shape index (κ3) is 3.00. The average molecular weight is 274 g/mol. The first-order valence-corrected chi connectivity index (χ1v) is 7.71. The Kier molecular flexibility index (Phi) is 4.06. The van der Waals surface area contributed by atoms with Crippen LogP contribution < -0.4 is 0 Å². The highest BCUT2D eigenvalue weighted by Gasteiger charge is 2.22. The molecule has 0 heteroatoms. The summed E-state index contributed by atoms with van der Waals surface area (Å²) < 4.78 is 0. The van der Waals surface area contributed by atoms with Gasteiger partial charge in [0.05, 0.1) is 0 Å². The van der Waals surface area contributed by atoms with Crippen LogP contribution in [0.4, 0.5) is 0 Å². The van der Waals surface area contributed by atoms with Crippen LogP contribution in [-0.4, -0.2) is 0 Å². The van der Waals surface area contributed by atoms with Crippen molar-refractivity contribution in [2.24, 2.45) is 0 Å². The van der Waals surface area contributed by atoms with Crippen LogP contribution in [0.2, 0.25) is 0 Å². The lowest BCUT2D eigenvalue weighted by Gasteiger charge is -2.21. The summed E-state index contributed by atoms with van der Waals surface area (Å²) in [4.78, 5) is 0. The molecule has 0 nitrogen and oxygen atoms in total. The molecular weight excluding hydrogens is 252 g/mol. The molecule has 0 aromatic heterocycles. The highest BCUT2D eigenvalue weighted by atomic mass is 14.3. The Morgan fingerprint density at radius 1 is 0.857 bits per heavy atom. The van der Waals surface area contributed by atoms with Gasteiger partial charge >= 0.3 is 0 Å². The number of hydrogen-bond acceptors (Lipinski definition) is 0. The van der Waals surface area contributed by atoms with E-state index in [0.717, 1.165) is 12.8 Å². The van der Waals surface area contributed by atoms with Gasteiger partial charge in [-0.15, -0.1) is 0 Å². The third-order valence-corrected chi connectivity index (χ3v) is 4.61. The lowest BCUT2D eigenvalue weighted by atomic mass is 9.83. The van der Waals surface area contributed by atoms with Gasteiger partial charge in [0.25, 0.3) is 0 Å². The molecular formula is C21H22. The van der Waals surface area contributed by atoms with Gasteiger partial charge in [-0.25, -0.2) is 0 Å². The summed E-state index contributed by atoms with van der Waals surface area (Å²) in [7, 11) is 0. The van der Waals surface area contributed by atoms with Crippen LogP contribution in [0.5, 0.6) is 0 Å². The van der Waals surface area contributed by atoms with Crippen molar-refractivity contribution in [3.8, 4) is 0 Å². The molecule has 1 aliphatic carbocycles. The van der Waals surface area contributed by atoms with Crippen LogP contribution in [0.15, 0.2) is 83.5 Å². The molecule has 2 aromatic carbocycles. The van der Waals surface area contributed by atoms with Crippen molar-refractivity contribution >= 4 is 0 Å². The molecule has 3 rings (SSSR count). The van der Waals surface area contributed by atoms with Gasteiger partial charge in [-0.05, 0) is 43.4 Å². The van der Waals surface area contributed by atoms with Crippen molar-refractivity contribution in [1.29, 1.82) is 0 Å². The quantitative estimate of drug-likeness (QED) is 0.673. The highest BCUT2D eigenvalue weighted by Crippen LogP contribution is 2.38. The van der Waals surface area contributed by atoms with Gasteiger partial charge < -0.3 is 0 Å². The van der Waals surface area contributed by atoms with Crippen molar-refractivity contribution in [1.82, 2.24) is 0 Å². The molecule has 1 unspecified atom stereocenters. The maximum atomic E-state index is 2.37. The van der Waals surface area contributed by atoms with Crippen LogP contribution in [-0.2, 0) is 6.42 Å². The van der Waals surface area contributed by atoms with Crippen molar-refractivity contribution in [3.05, 3.63) is 94.6 Å². The predicted octanol–water partition coefficient (Wildman–Crippen LogP) is 5.68. The average Bonchev–Trinajstić information content (AvgIpc) is 2.87. The maximum Gasteiger partial charge on any atom is 0.00974 e. The number of hydrogen-bond donors (Lipinski definition) is 0. The van der Waals surface area contributed by atoms with Gasteiger partial charge in [-0.2, -0.15) is 0 Å². The van der Waals surface area contributed by atoms with E-state index in [-0.39, 0.29) is 0 Å². The highest BCUT2D eigenvalue weighted by molar-refractivity contribution is 5.46. The fraction of sp³-hybridized carbons (Fsp3) is 0.238. The Hall–Kier alpha value is -2.08. The summed E-state index contributed by atoms with van der Waals surface area (Å²) in [6.45, 7) is 4.50.